The molecule has 1 aliphatic heterocycles. The van der Waals surface area contributed by atoms with E-state index in [1.54, 1.807) is 12.1 Å². The van der Waals surface area contributed by atoms with Crippen molar-refractivity contribution in [2.45, 2.75) is 31.1 Å². The molecule has 4 atom stereocenters. The fourth-order valence-corrected chi connectivity index (χ4v) is 7.47. The number of aryl methyl sites for hydroxylation is 1. The molecule has 3 amide bonds. The number of benzene rings is 3. The fraction of sp³-hybridized carbons (Fsp3) is 0.290. The largest absolute Gasteiger partial charge is 0.379 e. The molecule has 2 bridgehead atoms. The van der Waals surface area contributed by atoms with E-state index in [1.165, 1.54) is 60.7 Å². The molecule has 0 radical (unpaired) electrons. The number of nitrogens with zero attached hydrogens (tertiary/aromatic N) is 2. The van der Waals surface area contributed by atoms with E-state index in [9.17, 15) is 27.6 Å². The first kappa shape index (κ1) is 28.1. The highest BCUT2D eigenvalue weighted by atomic mass is 35.5. The lowest BCUT2D eigenvalue weighted by Gasteiger charge is -2.30. The van der Waals surface area contributed by atoms with Gasteiger partial charge in [-0.3, -0.25) is 19.2 Å². The first-order valence-corrected chi connectivity index (χ1v) is 15.4. The quantitative estimate of drug-likeness (QED) is 0.207. The Morgan fingerprint density at radius 2 is 1.40 bits per heavy atom. The molecule has 3 aromatic carbocycles. The molecule has 42 heavy (non-hydrogen) atoms. The molecule has 3 fully saturated rings. The third kappa shape index (κ3) is 4.98. The van der Waals surface area contributed by atoms with Crippen LogP contribution in [0.15, 0.2) is 77.7 Å². The number of Topliss-reactive ketones (excluding diaryl/α,β-unsaturated/α-hetero) is 1. The highest BCUT2D eigenvalue weighted by Gasteiger charge is 2.62. The van der Waals surface area contributed by atoms with E-state index in [2.05, 4.69) is 0 Å². The van der Waals surface area contributed by atoms with Gasteiger partial charge in [-0.2, -0.15) is 13.4 Å². The number of hydrogen-bond donors (Lipinski definition) is 0. The Labute approximate surface area is 248 Å². The summed E-state index contributed by atoms with van der Waals surface area (Å²) in [7, 11) is -4.09. The van der Waals surface area contributed by atoms with Crippen molar-refractivity contribution in [3.05, 3.63) is 94.5 Å². The minimum atomic E-state index is -4.09. The van der Waals surface area contributed by atoms with Crippen molar-refractivity contribution in [2.24, 2.45) is 23.7 Å². The summed E-state index contributed by atoms with van der Waals surface area (Å²) in [5.41, 5.74) is 1.20. The van der Waals surface area contributed by atoms with Gasteiger partial charge in [-0.15, -0.1) is 0 Å². The maximum atomic E-state index is 13.7. The van der Waals surface area contributed by atoms with Crippen molar-refractivity contribution in [2.75, 3.05) is 6.54 Å². The van der Waals surface area contributed by atoms with Crippen LogP contribution in [-0.2, 0) is 19.7 Å². The van der Waals surface area contributed by atoms with Crippen LogP contribution in [0.1, 0.15) is 45.5 Å². The molecule has 0 unspecified atom stereocenters. The van der Waals surface area contributed by atoms with Crippen LogP contribution < -0.4 is 4.18 Å². The molecule has 0 spiro atoms. The number of amides is 3. The number of hydrazine groups is 1. The average Bonchev–Trinajstić information content (AvgIpc) is 3.66. The number of rotatable bonds is 8. The van der Waals surface area contributed by atoms with E-state index in [1.807, 2.05) is 6.92 Å². The van der Waals surface area contributed by atoms with E-state index in [-0.39, 0.29) is 33.6 Å². The molecular weight excluding hydrogens is 580 g/mol. The van der Waals surface area contributed by atoms with Crippen LogP contribution in [0, 0.1) is 30.6 Å². The second-order valence-electron chi connectivity index (χ2n) is 11.0. The highest BCUT2D eigenvalue weighted by molar-refractivity contribution is 7.87. The van der Waals surface area contributed by atoms with Gasteiger partial charge in [-0.1, -0.05) is 29.3 Å². The van der Waals surface area contributed by atoms with Crippen LogP contribution in [0.2, 0.25) is 5.02 Å². The Hall–Kier alpha value is -4.02. The molecule has 2 aliphatic carbocycles. The van der Waals surface area contributed by atoms with E-state index in [0.717, 1.165) is 34.8 Å². The molecule has 3 aliphatic rings. The topological polar surface area (TPSA) is 118 Å². The number of imide groups is 1. The summed E-state index contributed by atoms with van der Waals surface area (Å²) >= 11 is 5.99. The van der Waals surface area contributed by atoms with Gasteiger partial charge in [0, 0.05) is 16.1 Å². The van der Waals surface area contributed by atoms with E-state index in [0.29, 0.717) is 5.02 Å². The molecular formula is C31H27ClN2O7S. The minimum absolute atomic E-state index is 0.00517. The summed E-state index contributed by atoms with van der Waals surface area (Å²) in [5.74, 6) is -2.87. The monoisotopic (exact) mass is 606 g/mol. The summed E-state index contributed by atoms with van der Waals surface area (Å²) in [5, 5.41) is 2.21. The standard InChI is InChI=1S/C31H27ClN2O7S/c1-18-2-14-25(15-3-18)42(39,40)41-24-12-8-19(9-13-24)26(35)17-33(29(36)20-6-10-23(32)11-7-20)34-30(37)27-21-4-5-22(16-21)28(27)31(34)38/h2-3,6-15,21-22,27-28H,4-5,16-17H2,1H3/t21-,22-,27+,28+/m0/s1. The van der Waals surface area contributed by atoms with Crippen molar-refractivity contribution in [1.82, 2.24) is 10.0 Å². The SMILES string of the molecule is Cc1ccc(S(=O)(=O)Oc2ccc(C(=O)CN(C(=O)c3ccc(Cl)cc3)N3C(=O)[C@@H]4[C@H]5CC[C@@H](C5)[C@H]4C3=O)cc2)cc1. The third-order valence-corrected chi connectivity index (χ3v) is 9.97. The van der Waals surface area contributed by atoms with Crippen molar-refractivity contribution in [1.29, 1.82) is 0 Å². The van der Waals surface area contributed by atoms with Gasteiger partial charge in [-0.25, -0.2) is 5.01 Å². The van der Waals surface area contributed by atoms with Crippen molar-refractivity contribution < 1.29 is 31.8 Å². The molecule has 3 aromatic rings. The molecule has 11 heteroatoms. The smallest absolute Gasteiger partial charge is 0.339 e. The fourth-order valence-electron chi connectivity index (χ4n) is 6.41. The maximum absolute atomic E-state index is 13.7. The predicted molar refractivity (Wildman–Crippen MR) is 152 cm³/mol. The van der Waals surface area contributed by atoms with E-state index < -0.39 is 52.0 Å². The molecule has 0 aromatic heterocycles. The zero-order chi connectivity index (χ0) is 29.8. The van der Waals surface area contributed by atoms with Gasteiger partial charge in [0.05, 0.1) is 11.8 Å². The van der Waals surface area contributed by atoms with Gasteiger partial charge >= 0.3 is 10.1 Å². The van der Waals surface area contributed by atoms with Crippen LogP contribution in [0.5, 0.6) is 5.75 Å². The second-order valence-corrected chi connectivity index (χ2v) is 13.0. The first-order chi connectivity index (χ1) is 20.0. The van der Waals surface area contributed by atoms with Gasteiger partial charge in [0.25, 0.3) is 17.7 Å². The van der Waals surface area contributed by atoms with Crippen molar-refractivity contribution >= 4 is 45.2 Å². The third-order valence-electron chi connectivity index (χ3n) is 8.46. The zero-order valence-corrected chi connectivity index (χ0v) is 24.2. The number of halogens is 1. The van der Waals surface area contributed by atoms with Gasteiger partial charge < -0.3 is 4.18 Å². The minimum Gasteiger partial charge on any atom is -0.379 e. The summed E-state index contributed by atoms with van der Waals surface area (Å²) < 4.78 is 30.5. The predicted octanol–water partition coefficient (Wildman–Crippen LogP) is 4.69. The summed E-state index contributed by atoms with van der Waals surface area (Å²) in [6.07, 6.45) is 2.58. The highest BCUT2D eigenvalue weighted by Crippen LogP contribution is 2.56. The Morgan fingerprint density at radius 1 is 0.857 bits per heavy atom. The van der Waals surface area contributed by atoms with Crippen LogP contribution in [-0.4, -0.2) is 48.5 Å². The van der Waals surface area contributed by atoms with Gasteiger partial charge in [0.2, 0.25) is 0 Å². The zero-order valence-electron chi connectivity index (χ0n) is 22.6. The Morgan fingerprint density at radius 3 is 1.98 bits per heavy atom. The Bertz CT molecular complexity index is 1660. The summed E-state index contributed by atoms with van der Waals surface area (Å²) in [4.78, 5) is 54.2. The van der Waals surface area contributed by atoms with Gasteiger partial charge in [-0.05, 0) is 98.7 Å². The molecule has 2 saturated carbocycles. The van der Waals surface area contributed by atoms with E-state index in [4.69, 9.17) is 15.8 Å². The van der Waals surface area contributed by atoms with Gasteiger partial charge in [0.15, 0.2) is 5.78 Å². The lowest BCUT2D eigenvalue weighted by molar-refractivity contribution is -0.155. The Kier molecular flexibility index (Phi) is 7.14. The van der Waals surface area contributed by atoms with Crippen LogP contribution in [0.3, 0.4) is 0 Å². The first-order valence-electron chi connectivity index (χ1n) is 13.6. The number of fused-ring (bicyclic) bond motifs is 5. The molecule has 6 rings (SSSR count). The Balaban J connectivity index is 1.24. The number of hydrogen-bond acceptors (Lipinski definition) is 7. The second kappa shape index (κ2) is 10.7. The molecule has 216 valence electrons. The van der Waals surface area contributed by atoms with Crippen molar-refractivity contribution in [3.8, 4) is 5.75 Å². The van der Waals surface area contributed by atoms with Gasteiger partial charge in [0.1, 0.15) is 17.2 Å². The number of carbonyl (C=O) groups excluding carboxylic acids is 4. The lowest BCUT2D eigenvalue weighted by atomic mass is 9.81. The molecule has 0 N–H and O–H groups in total. The normalized spacial score (nSPS) is 22.8. The van der Waals surface area contributed by atoms with Crippen LogP contribution in [0.25, 0.3) is 0 Å². The van der Waals surface area contributed by atoms with E-state index >= 15 is 0 Å². The number of carbonyl (C=O) groups is 4. The molecule has 1 saturated heterocycles. The summed E-state index contributed by atoms with van der Waals surface area (Å²) in [6, 6.07) is 17.6. The molecule has 1 heterocycles. The van der Waals surface area contributed by atoms with Crippen LogP contribution in [0.4, 0.5) is 0 Å². The maximum Gasteiger partial charge on any atom is 0.339 e. The average molecular weight is 607 g/mol. The van der Waals surface area contributed by atoms with Crippen LogP contribution >= 0.6 is 11.6 Å². The summed E-state index contributed by atoms with van der Waals surface area (Å²) in [6.45, 7) is 1.26. The molecule has 9 nitrogen and oxygen atoms in total. The number of ketones is 1. The van der Waals surface area contributed by atoms with Crippen molar-refractivity contribution in [3.63, 3.8) is 0 Å². The lowest BCUT2D eigenvalue weighted by Crippen LogP contribution is -2.52.